The molecule has 6 heteroatoms. The molecule has 0 radical (unpaired) electrons. The van der Waals surface area contributed by atoms with Crippen molar-refractivity contribution in [2.75, 3.05) is 0 Å². The van der Waals surface area contributed by atoms with E-state index in [1.807, 2.05) is 25.1 Å². The maximum absolute atomic E-state index is 12.0. The molecule has 100 valence electrons. The third-order valence-corrected chi connectivity index (χ3v) is 3.28. The summed E-state index contributed by atoms with van der Waals surface area (Å²) >= 11 is 4.88. The number of aromatic amines is 2. The largest absolute Gasteiger partial charge is 0.493 e. The summed E-state index contributed by atoms with van der Waals surface area (Å²) in [6.07, 6.45) is 3.28. The average Bonchev–Trinajstić information content (AvgIpc) is 2.70. The number of H-pyrrole nitrogens is 2. The number of imidazole rings is 1. The van der Waals surface area contributed by atoms with E-state index < -0.39 is 0 Å². The highest BCUT2D eigenvalue weighted by Crippen LogP contribution is 2.17. The van der Waals surface area contributed by atoms with E-state index in [1.165, 1.54) is 6.08 Å². The molecule has 2 heterocycles. The van der Waals surface area contributed by atoms with Crippen LogP contribution in [0.3, 0.4) is 0 Å². The Kier molecular flexibility index (Phi) is 2.87. The molecule has 0 bridgehead atoms. The number of nitrogens with zero attached hydrogens (tertiary/aromatic N) is 1. The molecule has 1 aromatic heterocycles. The summed E-state index contributed by atoms with van der Waals surface area (Å²) < 4.78 is 0.297. The van der Waals surface area contributed by atoms with Gasteiger partial charge in [0.1, 0.15) is 5.69 Å². The highest BCUT2D eigenvalue weighted by atomic mass is 32.1. The molecular weight excluding hydrogens is 274 g/mol. The summed E-state index contributed by atoms with van der Waals surface area (Å²) in [4.78, 5) is 21.4. The summed E-state index contributed by atoms with van der Waals surface area (Å²) in [6.45, 7) is 1.91. The van der Waals surface area contributed by atoms with Crippen molar-refractivity contribution in [1.29, 1.82) is 0 Å². The van der Waals surface area contributed by atoms with Gasteiger partial charge in [0.25, 0.3) is 5.91 Å². The smallest absolute Gasteiger partial charge is 0.277 e. The average molecular weight is 285 g/mol. The molecule has 20 heavy (non-hydrogen) atoms. The first-order valence-corrected chi connectivity index (χ1v) is 6.39. The molecule has 0 spiro atoms. The molecule has 0 aliphatic carbocycles. The number of para-hydroxylation sites is 1. The van der Waals surface area contributed by atoms with Crippen molar-refractivity contribution in [2.24, 2.45) is 4.99 Å². The van der Waals surface area contributed by atoms with Gasteiger partial charge in [-0.3, -0.25) is 4.79 Å². The molecule has 1 amide bonds. The molecule has 2 aromatic rings. The van der Waals surface area contributed by atoms with Gasteiger partial charge in [-0.25, -0.2) is 4.99 Å². The summed E-state index contributed by atoms with van der Waals surface area (Å²) in [7, 11) is 0. The number of benzene rings is 1. The zero-order chi connectivity index (χ0) is 14.3. The third kappa shape index (κ3) is 2.10. The van der Waals surface area contributed by atoms with Crippen LogP contribution in [-0.2, 0) is 4.79 Å². The number of fused-ring (bicyclic) bond motifs is 1. The minimum absolute atomic E-state index is 0.0984. The number of hydrogen-bond donors (Lipinski definition) is 3. The number of carbonyl (C=O) groups excluding carboxylic acids is 1. The zero-order valence-electron chi connectivity index (χ0n) is 10.6. The van der Waals surface area contributed by atoms with Gasteiger partial charge in [-0.2, -0.15) is 0 Å². The van der Waals surface area contributed by atoms with E-state index in [1.54, 1.807) is 6.08 Å². The van der Waals surface area contributed by atoms with Gasteiger partial charge >= 0.3 is 0 Å². The zero-order valence-corrected chi connectivity index (χ0v) is 11.4. The van der Waals surface area contributed by atoms with Gasteiger partial charge in [0.2, 0.25) is 5.88 Å². The first kappa shape index (κ1) is 12.6. The Labute approximate surface area is 119 Å². The van der Waals surface area contributed by atoms with Gasteiger partial charge in [0.15, 0.2) is 4.77 Å². The van der Waals surface area contributed by atoms with Gasteiger partial charge in [-0.05, 0) is 36.9 Å². The number of aromatic nitrogens is 2. The molecule has 0 saturated heterocycles. The third-order valence-electron chi connectivity index (χ3n) is 3.08. The van der Waals surface area contributed by atoms with Gasteiger partial charge < -0.3 is 15.1 Å². The van der Waals surface area contributed by atoms with E-state index in [-0.39, 0.29) is 11.8 Å². The summed E-state index contributed by atoms with van der Waals surface area (Å²) in [5.41, 5.74) is 1.71. The van der Waals surface area contributed by atoms with E-state index in [2.05, 4.69) is 15.0 Å². The lowest BCUT2D eigenvalue weighted by Gasteiger charge is -2.04. The number of carbonyl (C=O) groups is 1. The first-order chi connectivity index (χ1) is 9.54. The maximum atomic E-state index is 12.0. The Morgan fingerprint density at radius 2 is 2.15 bits per heavy atom. The van der Waals surface area contributed by atoms with Crippen LogP contribution in [0.5, 0.6) is 5.88 Å². The Morgan fingerprint density at radius 3 is 2.85 bits per heavy atom. The van der Waals surface area contributed by atoms with E-state index in [4.69, 9.17) is 12.2 Å². The minimum atomic E-state index is -0.341. The van der Waals surface area contributed by atoms with E-state index in [0.717, 1.165) is 10.8 Å². The SMILES string of the molecule is Cc1cccc2c1=NC(=O)C(=Cc1[nH]c(=S)[nH]c1O)C=2. The molecule has 3 N–H and O–H groups in total. The normalized spacial score (nSPS) is 15.7. The van der Waals surface area contributed by atoms with E-state index >= 15 is 0 Å². The Morgan fingerprint density at radius 1 is 1.35 bits per heavy atom. The summed E-state index contributed by atoms with van der Waals surface area (Å²) in [5, 5.41) is 11.2. The molecule has 1 aliphatic heterocycles. The molecule has 0 saturated carbocycles. The fraction of sp³-hybridized carbons (Fsp3) is 0.0714. The second-order valence-electron chi connectivity index (χ2n) is 4.52. The van der Waals surface area contributed by atoms with Crippen molar-refractivity contribution in [1.82, 2.24) is 9.97 Å². The van der Waals surface area contributed by atoms with Gasteiger partial charge in [0.05, 0.1) is 5.36 Å². The van der Waals surface area contributed by atoms with Crippen LogP contribution < -0.4 is 10.6 Å². The first-order valence-electron chi connectivity index (χ1n) is 5.98. The Balaban J connectivity index is 2.20. The highest BCUT2D eigenvalue weighted by Gasteiger charge is 2.13. The second-order valence-corrected chi connectivity index (χ2v) is 4.92. The molecule has 0 fully saturated rings. The number of rotatable bonds is 1. The van der Waals surface area contributed by atoms with Crippen molar-refractivity contribution in [3.8, 4) is 5.88 Å². The lowest BCUT2D eigenvalue weighted by atomic mass is 10.1. The van der Waals surface area contributed by atoms with Gasteiger partial charge in [0, 0.05) is 10.8 Å². The van der Waals surface area contributed by atoms with Crippen LogP contribution in [0, 0.1) is 11.7 Å². The molecule has 0 atom stereocenters. The van der Waals surface area contributed by atoms with Gasteiger partial charge in [-0.1, -0.05) is 18.2 Å². The number of aromatic hydroxyl groups is 1. The van der Waals surface area contributed by atoms with Crippen LogP contribution >= 0.6 is 12.2 Å². The minimum Gasteiger partial charge on any atom is -0.493 e. The Hall–Kier alpha value is -2.47. The molecule has 5 nitrogen and oxygen atoms in total. The van der Waals surface area contributed by atoms with Crippen LogP contribution in [0.25, 0.3) is 12.2 Å². The lowest BCUT2D eigenvalue weighted by molar-refractivity contribution is -0.114. The number of nitrogens with one attached hydrogen (secondary N) is 2. The van der Waals surface area contributed by atoms with E-state index in [0.29, 0.717) is 21.4 Å². The van der Waals surface area contributed by atoms with Crippen LogP contribution in [0.4, 0.5) is 0 Å². The molecule has 0 unspecified atom stereocenters. The van der Waals surface area contributed by atoms with E-state index in [9.17, 15) is 9.90 Å². The Bertz CT molecular complexity index is 919. The van der Waals surface area contributed by atoms with Crippen LogP contribution in [0.2, 0.25) is 0 Å². The predicted molar refractivity (Wildman–Crippen MR) is 77.1 cm³/mol. The fourth-order valence-corrected chi connectivity index (χ4v) is 2.30. The summed E-state index contributed by atoms with van der Waals surface area (Å²) in [6, 6.07) is 5.72. The fourth-order valence-electron chi connectivity index (χ4n) is 2.10. The van der Waals surface area contributed by atoms with Crippen LogP contribution in [-0.4, -0.2) is 21.0 Å². The number of amides is 1. The highest BCUT2D eigenvalue weighted by molar-refractivity contribution is 7.71. The van der Waals surface area contributed by atoms with Crippen molar-refractivity contribution >= 4 is 30.3 Å². The van der Waals surface area contributed by atoms with Crippen LogP contribution in [0.1, 0.15) is 11.3 Å². The van der Waals surface area contributed by atoms with Crippen LogP contribution in [0.15, 0.2) is 28.8 Å². The number of hydrogen-bond acceptors (Lipinski definition) is 3. The number of aryl methyl sites for hydroxylation is 1. The second kappa shape index (κ2) is 4.57. The lowest BCUT2D eigenvalue weighted by Crippen LogP contribution is -2.32. The molecule has 3 rings (SSSR count). The van der Waals surface area contributed by atoms with Gasteiger partial charge in [-0.15, -0.1) is 0 Å². The maximum Gasteiger partial charge on any atom is 0.277 e. The predicted octanol–water partition coefficient (Wildman–Crippen LogP) is 1.11. The molecular formula is C14H11N3O2S. The van der Waals surface area contributed by atoms with Crippen molar-refractivity contribution in [3.05, 3.63) is 50.4 Å². The van der Waals surface area contributed by atoms with Crippen molar-refractivity contribution in [2.45, 2.75) is 6.92 Å². The van der Waals surface area contributed by atoms with Crippen molar-refractivity contribution < 1.29 is 9.90 Å². The quantitative estimate of drug-likeness (QED) is 0.542. The molecule has 1 aromatic carbocycles. The monoisotopic (exact) mass is 285 g/mol. The standard InChI is InChI=1S/C14H11N3O2S/c1-7-3-2-4-8-5-9(12(18)16-11(7)8)6-10-13(19)17-14(20)15-10/h2-6,19H,1H3,(H2,15,17,20). The van der Waals surface area contributed by atoms with Crippen molar-refractivity contribution in [3.63, 3.8) is 0 Å². The topological polar surface area (TPSA) is 81.2 Å². The molecule has 1 aliphatic rings. The summed E-state index contributed by atoms with van der Waals surface area (Å²) in [5.74, 6) is -0.439.